The highest BCUT2D eigenvalue weighted by molar-refractivity contribution is 5.90. The fourth-order valence-electron chi connectivity index (χ4n) is 3.81. The van der Waals surface area contributed by atoms with Gasteiger partial charge >= 0.3 is 0 Å². The van der Waals surface area contributed by atoms with Crippen LogP contribution in [0.25, 0.3) is 11.1 Å². The molecule has 146 valence electrons. The van der Waals surface area contributed by atoms with Crippen molar-refractivity contribution in [2.45, 2.75) is 33.1 Å². The largest absolute Gasteiger partial charge is 0.443 e. The number of hydrogen-bond acceptors (Lipinski definition) is 6. The molecule has 7 nitrogen and oxygen atoms in total. The van der Waals surface area contributed by atoms with Crippen LogP contribution in [0.4, 0.5) is 5.82 Å². The molecule has 4 rings (SSSR count). The number of piperidine rings is 1. The van der Waals surface area contributed by atoms with Crippen molar-refractivity contribution >= 4 is 22.8 Å². The number of carbonyl (C=O) groups is 1. The number of hydrogen-bond donors (Lipinski definition) is 1. The maximum Gasteiger partial charge on any atom is 0.231 e. The molecule has 0 saturated carbocycles. The minimum absolute atomic E-state index is 0.0375. The van der Waals surface area contributed by atoms with Crippen LogP contribution < -0.4 is 10.2 Å². The van der Waals surface area contributed by atoms with Crippen LogP contribution in [-0.2, 0) is 11.2 Å². The molecular weight excluding hydrogens is 354 g/mol. The van der Waals surface area contributed by atoms with E-state index < -0.39 is 0 Å². The molecule has 1 fully saturated rings. The average molecular weight is 379 g/mol. The molecule has 1 aliphatic heterocycles. The summed E-state index contributed by atoms with van der Waals surface area (Å²) in [6.07, 6.45) is 7.76. The summed E-state index contributed by atoms with van der Waals surface area (Å²) in [6, 6.07) is 3.95. The van der Waals surface area contributed by atoms with E-state index in [2.05, 4.69) is 25.2 Å². The Hall–Kier alpha value is -2.96. The molecule has 28 heavy (non-hydrogen) atoms. The zero-order valence-corrected chi connectivity index (χ0v) is 16.3. The normalized spacial score (nSPS) is 17.1. The van der Waals surface area contributed by atoms with Crippen molar-refractivity contribution in [1.29, 1.82) is 0 Å². The molecule has 3 aromatic heterocycles. The Morgan fingerprint density at radius 3 is 2.93 bits per heavy atom. The molecule has 1 N–H and O–H groups in total. The summed E-state index contributed by atoms with van der Waals surface area (Å²) in [5.74, 6) is 1.81. The Kier molecular flexibility index (Phi) is 5.23. The third-order valence-corrected chi connectivity index (χ3v) is 5.50. The van der Waals surface area contributed by atoms with Gasteiger partial charge in [-0.25, -0.2) is 9.97 Å². The quantitative estimate of drug-likeness (QED) is 0.734. The summed E-state index contributed by atoms with van der Waals surface area (Å²) in [4.78, 5) is 27.7. The monoisotopic (exact) mass is 379 g/mol. The molecule has 1 atom stereocenters. The zero-order valence-electron chi connectivity index (χ0n) is 16.3. The number of anilines is 1. The minimum Gasteiger partial charge on any atom is -0.443 e. The highest BCUT2D eigenvalue weighted by atomic mass is 16.3. The summed E-state index contributed by atoms with van der Waals surface area (Å²) >= 11 is 0. The summed E-state index contributed by atoms with van der Waals surface area (Å²) < 4.78 is 5.74. The number of aryl methyl sites for hydroxylation is 2. The maximum atomic E-state index is 12.7. The van der Waals surface area contributed by atoms with E-state index in [-0.39, 0.29) is 11.8 Å². The van der Waals surface area contributed by atoms with Gasteiger partial charge in [0.2, 0.25) is 11.6 Å². The third kappa shape index (κ3) is 3.69. The smallest absolute Gasteiger partial charge is 0.231 e. The molecule has 1 unspecified atom stereocenters. The topological polar surface area (TPSA) is 84.2 Å². The molecule has 0 spiro atoms. The van der Waals surface area contributed by atoms with Crippen LogP contribution >= 0.6 is 0 Å². The van der Waals surface area contributed by atoms with Gasteiger partial charge in [-0.3, -0.25) is 9.78 Å². The second kappa shape index (κ2) is 7.96. The summed E-state index contributed by atoms with van der Waals surface area (Å²) in [5, 5.41) is 4.05. The number of pyridine rings is 1. The van der Waals surface area contributed by atoms with E-state index in [1.807, 2.05) is 26.0 Å². The van der Waals surface area contributed by atoms with Crippen molar-refractivity contribution in [3.8, 4) is 0 Å². The summed E-state index contributed by atoms with van der Waals surface area (Å²) in [5.41, 5.74) is 2.85. The van der Waals surface area contributed by atoms with Gasteiger partial charge in [0.05, 0.1) is 11.3 Å². The molecule has 1 saturated heterocycles. The van der Waals surface area contributed by atoms with Gasteiger partial charge in [0.15, 0.2) is 0 Å². The average Bonchev–Trinajstić information content (AvgIpc) is 3.03. The van der Waals surface area contributed by atoms with Gasteiger partial charge in [0.25, 0.3) is 0 Å². The Balaban J connectivity index is 1.42. The molecule has 0 aromatic carbocycles. The lowest BCUT2D eigenvalue weighted by atomic mass is 9.96. The van der Waals surface area contributed by atoms with E-state index in [0.29, 0.717) is 18.8 Å². The Labute approximate surface area is 164 Å². The number of nitrogens with one attached hydrogen (secondary N) is 1. The van der Waals surface area contributed by atoms with Crippen molar-refractivity contribution in [3.05, 3.63) is 47.7 Å². The van der Waals surface area contributed by atoms with Crippen molar-refractivity contribution in [2.75, 3.05) is 24.5 Å². The third-order valence-electron chi connectivity index (χ3n) is 5.50. The second-order valence-electron chi connectivity index (χ2n) is 7.34. The molecule has 0 bridgehead atoms. The molecule has 4 heterocycles. The first kappa shape index (κ1) is 18.4. The zero-order chi connectivity index (χ0) is 19.5. The molecular formula is C21H25N5O2. The van der Waals surface area contributed by atoms with Crippen LogP contribution in [0, 0.1) is 19.8 Å². The molecule has 0 aliphatic carbocycles. The number of fused-ring (bicyclic) bond motifs is 1. The van der Waals surface area contributed by atoms with E-state index in [0.717, 1.165) is 48.3 Å². The number of carbonyl (C=O) groups excluding carboxylic acids is 1. The molecule has 7 heteroatoms. The standard InChI is InChI=1S/C21H25N5O2/c1-14-15(2)28-21-18(14)19(24-13-25-21)26-11-3-4-17(12-26)20(27)23-10-7-16-5-8-22-9-6-16/h5-6,8-9,13,17H,3-4,7,10-12H2,1-2H3,(H,23,27). The van der Waals surface area contributed by atoms with E-state index in [1.165, 1.54) is 5.56 Å². The lowest BCUT2D eigenvalue weighted by Gasteiger charge is -2.33. The molecule has 3 aromatic rings. The van der Waals surface area contributed by atoms with E-state index in [1.54, 1.807) is 18.7 Å². The van der Waals surface area contributed by atoms with Crippen LogP contribution in [-0.4, -0.2) is 40.5 Å². The number of furan rings is 1. The molecule has 0 radical (unpaired) electrons. The van der Waals surface area contributed by atoms with Crippen LogP contribution in [0.3, 0.4) is 0 Å². The lowest BCUT2D eigenvalue weighted by molar-refractivity contribution is -0.125. The van der Waals surface area contributed by atoms with Gasteiger partial charge in [0, 0.05) is 37.6 Å². The van der Waals surface area contributed by atoms with Crippen LogP contribution in [0.2, 0.25) is 0 Å². The first-order valence-corrected chi connectivity index (χ1v) is 9.75. The summed E-state index contributed by atoms with van der Waals surface area (Å²) in [6.45, 7) is 6.15. The predicted molar refractivity (Wildman–Crippen MR) is 107 cm³/mol. The lowest BCUT2D eigenvalue weighted by Crippen LogP contribution is -2.43. The van der Waals surface area contributed by atoms with E-state index in [9.17, 15) is 4.79 Å². The Bertz CT molecular complexity index is 970. The van der Waals surface area contributed by atoms with Gasteiger partial charge in [-0.15, -0.1) is 0 Å². The SMILES string of the molecule is Cc1oc2ncnc(N3CCCC(C(=O)NCCc4ccncc4)C3)c2c1C. The van der Waals surface area contributed by atoms with Crippen molar-refractivity contribution in [2.24, 2.45) is 5.92 Å². The minimum atomic E-state index is -0.0375. The fraction of sp³-hybridized carbons (Fsp3) is 0.429. The maximum absolute atomic E-state index is 12.7. The van der Waals surface area contributed by atoms with Crippen molar-refractivity contribution < 1.29 is 9.21 Å². The van der Waals surface area contributed by atoms with E-state index in [4.69, 9.17) is 4.42 Å². The highest BCUT2D eigenvalue weighted by Gasteiger charge is 2.28. The summed E-state index contributed by atoms with van der Waals surface area (Å²) in [7, 11) is 0. The Morgan fingerprint density at radius 2 is 2.11 bits per heavy atom. The first-order valence-electron chi connectivity index (χ1n) is 9.75. The number of aromatic nitrogens is 3. The van der Waals surface area contributed by atoms with Gasteiger partial charge in [-0.1, -0.05) is 0 Å². The van der Waals surface area contributed by atoms with Crippen LogP contribution in [0.15, 0.2) is 35.3 Å². The molecule has 1 amide bonds. The van der Waals surface area contributed by atoms with Crippen molar-refractivity contribution in [1.82, 2.24) is 20.3 Å². The van der Waals surface area contributed by atoms with Crippen LogP contribution in [0.5, 0.6) is 0 Å². The second-order valence-corrected chi connectivity index (χ2v) is 7.34. The van der Waals surface area contributed by atoms with Crippen molar-refractivity contribution in [3.63, 3.8) is 0 Å². The van der Waals surface area contributed by atoms with Gasteiger partial charge < -0.3 is 14.6 Å². The number of amides is 1. The number of nitrogens with zero attached hydrogens (tertiary/aromatic N) is 4. The van der Waals surface area contributed by atoms with E-state index >= 15 is 0 Å². The van der Waals surface area contributed by atoms with Crippen LogP contribution in [0.1, 0.15) is 29.7 Å². The first-order chi connectivity index (χ1) is 13.6. The van der Waals surface area contributed by atoms with Gasteiger partial charge in [-0.05, 0) is 50.8 Å². The Morgan fingerprint density at radius 1 is 1.29 bits per heavy atom. The van der Waals surface area contributed by atoms with Gasteiger partial charge in [-0.2, -0.15) is 0 Å². The molecule has 1 aliphatic rings. The fourth-order valence-corrected chi connectivity index (χ4v) is 3.81. The number of rotatable bonds is 5. The predicted octanol–water partition coefficient (Wildman–Crippen LogP) is 2.81. The highest BCUT2D eigenvalue weighted by Crippen LogP contribution is 2.32. The van der Waals surface area contributed by atoms with Gasteiger partial charge in [0.1, 0.15) is 17.9 Å².